The Hall–Kier alpha value is -1.30. The summed E-state index contributed by atoms with van der Waals surface area (Å²) in [5, 5.41) is 12.0. The number of aliphatic carboxylic acids is 1. The number of amides is 2. The summed E-state index contributed by atoms with van der Waals surface area (Å²) in [6, 6.07) is -0.194. The van der Waals surface area contributed by atoms with Crippen LogP contribution in [0.1, 0.15) is 40.0 Å². The van der Waals surface area contributed by atoms with Crippen LogP contribution >= 0.6 is 0 Å². The van der Waals surface area contributed by atoms with Crippen molar-refractivity contribution in [1.29, 1.82) is 0 Å². The van der Waals surface area contributed by atoms with Gasteiger partial charge >= 0.3 is 12.0 Å². The maximum absolute atomic E-state index is 12.2. The van der Waals surface area contributed by atoms with E-state index in [1.165, 1.54) is 0 Å². The fourth-order valence-corrected chi connectivity index (χ4v) is 3.03. The molecule has 1 unspecified atom stereocenters. The first-order chi connectivity index (χ1) is 9.24. The number of morpholine rings is 1. The Bertz CT molecular complexity index is 404. The molecule has 2 fully saturated rings. The van der Waals surface area contributed by atoms with Gasteiger partial charge in [0.1, 0.15) is 0 Å². The minimum atomic E-state index is -0.806. The van der Waals surface area contributed by atoms with Crippen LogP contribution in [0.3, 0.4) is 0 Å². The standard InChI is InChI=1S/C14H24N2O4/c1-10-7-16(9-13(2,3)20-10)12(19)15-8-14(11(17)18)5-4-6-14/h10H,4-9H2,1-3H3,(H,15,19)(H,17,18). The summed E-state index contributed by atoms with van der Waals surface area (Å²) in [4.78, 5) is 25.2. The second-order valence-corrected chi connectivity index (χ2v) is 6.67. The third-order valence-electron chi connectivity index (χ3n) is 4.20. The molecule has 2 amide bonds. The third kappa shape index (κ3) is 3.06. The monoisotopic (exact) mass is 284 g/mol. The van der Waals surface area contributed by atoms with Gasteiger partial charge in [0.05, 0.1) is 23.7 Å². The molecule has 0 aromatic carbocycles. The highest BCUT2D eigenvalue weighted by Gasteiger charge is 2.45. The molecule has 114 valence electrons. The van der Waals surface area contributed by atoms with Crippen LogP contribution < -0.4 is 5.32 Å². The number of carbonyl (C=O) groups excluding carboxylic acids is 1. The maximum atomic E-state index is 12.2. The molecule has 2 aliphatic rings. The molecular weight excluding hydrogens is 260 g/mol. The molecule has 6 heteroatoms. The topological polar surface area (TPSA) is 78.9 Å². The molecule has 0 spiro atoms. The highest BCUT2D eigenvalue weighted by atomic mass is 16.5. The molecule has 1 aliphatic heterocycles. The molecule has 1 aliphatic carbocycles. The number of urea groups is 1. The Balaban J connectivity index is 1.90. The number of nitrogens with zero attached hydrogens (tertiary/aromatic N) is 1. The third-order valence-corrected chi connectivity index (χ3v) is 4.20. The van der Waals surface area contributed by atoms with Gasteiger partial charge in [0, 0.05) is 13.1 Å². The van der Waals surface area contributed by atoms with E-state index in [9.17, 15) is 14.7 Å². The van der Waals surface area contributed by atoms with Gasteiger partial charge in [-0.25, -0.2) is 4.79 Å². The van der Waals surface area contributed by atoms with Gasteiger partial charge < -0.3 is 20.1 Å². The van der Waals surface area contributed by atoms with Gasteiger partial charge in [0.2, 0.25) is 0 Å². The molecule has 0 radical (unpaired) electrons. The number of hydrogen-bond acceptors (Lipinski definition) is 3. The molecular formula is C14H24N2O4. The minimum absolute atomic E-state index is 0.0124. The first kappa shape index (κ1) is 15.1. The van der Waals surface area contributed by atoms with Crippen LogP contribution in [0.15, 0.2) is 0 Å². The van der Waals surface area contributed by atoms with Crippen LogP contribution in [0, 0.1) is 5.41 Å². The second-order valence-electron chi connectivity index (χ2n) is 6.67. The lowest BCUT2D eigenvalue weighted by molar-refractivity contribution is -0.154. The van der Waals surface area contributed by atoms with Gasteiger partial charge in [0.15, 0.2) is 0 Å². The van der Waals surface area contributed by atoms with Crippen LogP contribution in [0.5, 0.6) is 0 Å². The quantitative estimate of drug-likeness (QED) is 0.822. The summed E-state index contributed by atoms with van der Waals surface area (Å²) in [7, 11) is 0. The van der Waals surface area contributed by atoms with Crippen molar-refractivity contribution in [2.24, 2.45) is 5.41 Å². The summed E-state index contributed by atoms with van der Waals surface area (Å²) in [5.74, 6) is -0.806. The predicted molar refractivity (Wildman–Crippen MR) is 73.5 cm³/mol. The maximum Gasteiger partial charge on any atom is 0.317 e. The van der Waals surface area contributed by atoms with Crippen molar-refractivity contribution in [3.05, 3.63) is 0 Å². The molecule has 0 aromatic heterocycles. The van der Waals surface area contributed by atoms with Crippen LogP contribution in [0.25, 0.3) is 0 Å². The zero-order chi connectivity index (χ0) is 15.0. The van der Waals surface area contributed by atoms with Gasteiger partial charge in [-0.2, -0.15) is 0 Å². The molecule has 1 saturated carbocycles. The molecule has 0 aromatic rings. The SMILES string of the molecule is CC1CN(C(=O)NCC2(C(=O)O)CCC2)CC(C)(C)O1. The number of hydrogen-bond donors (Lipinski definition) is 2. The van der Waals surface area contributed by atoms with Gasteiger partial charge in [-0.05, 0) is 33.6 Å². The average Bonchev–Trinajstić information content (AvgIpc) is 2.23. The summed E-state index contributed by atoms with van der Waals surface area (Å²) in [6.45, 7) is 7.11. The number of carboxylic acid groups (broad SMARTS) is 1. The van der Waals surface area contributed by atoms with Gasteiger partial charge in [0.25, 0.3) is 0 Å². The number of nitrogens with one attached hydrogen (secondary N) is 1. The van der Waals surface area contributed by atoms with Gasteiger partial charge in [-0.1, -0.05) is 6.42 Å². The Morgan fingerprint density at radius 2 is 2.05 bits per heavy atom. The number of rotatable bonds is 3. The molecule has 1 heterocycles. The van der Waals surface area contributed by atoms with Crippen molar-refractivity contribution in [2.45, 2.75) is 51.7 Å². The van der Waals surface area contributed by atoms with Crippen molar-refractivity contribution < 1.29 is 19.4 Å². The zero-order valence-corrected chi connectivity index (χ0v) is 12.4. The Labute approximate surface area is 119 Å². The number of carboxylic acids is 1. The molecule has 1 atom stereocenters. The van der Waals surface area contributed by atoms with Crippen LogP contribution in [0.4, 0.5) is 4.79 Å². The summed E-state index contributed by atoms with van der Waals surface area (Å²) in [5.41, 5.74) is -1.11. The van der Waals surface area contributed by atoms with Crippen LogP contribution in [-0.2, 0) is 9.53 Å². The summed E-state index contributed by atoms with van der Waals surface area (Å²) < 4.78 is 5.75. The van der Waals surface area contributed by atoms with E-state index in [0.717, 1.165) is 6.42 Å². The van der Waals surface area contributed by atoms with E-state index in [-0.39, 0.29) is 24.3 Å². The first-order valence-electron chi connectivity index (χ1n) is 7.18. The normalized spacial score (nSPS) is 27.6. The van der Waals surface area contributed by atoms with Crippen molar-refractivity contribution in [3.63, 3.8) is 0 Å². The second kappa shape index (κ2) is 5.24. The van der Waals surface area contributed by atoms with E-state index >= 15 is 0 Å². The highest BCUT2D eigenvalue weighted by molar-refractivity contribution is 5.79. The van der Waals surface area contributed by atoms with Gasteiger partial charge in [-0.3, -0.25) is 4.79 Å². The summed E-state index contributed by atoms with van der Waals surface area (Å²) >= 11 is 0. The molecule has 1 saturated heterocycles. The number of ether oxygens (including phenoxy) is 1. The predicted octanol–water partition coefficient (Wildman–Crippen LogP) is 1.45. The van der Waals surface area contributed by atoms with Gasteiger partial charge in [-0.15, -0.1) is 0 Å². The van der Waals surface area contributed by atoms with E-state index in [0.29, 0.717) is 25.9 Å². The molecule has 2 rings (SSSR count). The summed E-state index contributed by atoms with van der Waals surface area (Å²) in [6.07, 6.45) is 2.20. The lowest BCUT2D eigenvalue weighted by Crippen LogP contribution is -2.58. The van der Waals surface area contributed by atoms with Crippen molar-refractivity contribution in [2.75, 3.05) is 19.6 Å². The largest absolute Gasteiger partial charge is 0.481 e. The van der Waals surface area contributed by atoms with Crippen LogP contribution in [0.2, 0.25) is 0 Å². The van der Waals surface area contributed by atoms with E-state index in [4.69, 9.17) is 4.74 Å². The fourth-order valence-electron chi connectivity index (χ4n) is 3.03. The molecule has 6 nitrogen and oxygen atoms in total. The van der Waals surface area contributed by atoms with E-state index in [1.54, 1.807) is 4.90 Å². The van der Waals surface area contributed by atoms with Crippen molar-refractivity contribution >= 4 is 12.0 Å². The molecule has 0 bridgehead atoms. The lowest BCUT2D eigenvalue weighted by Gasteiger charge is -2.42. The van der Waals surface area contributed by atoms with Crippen molar-refractivity contribution in [1.82, 2.24) is 10.2 Å². The zero-order valence-electron chi connectivity index (χ0n) is 12.4. The smallest absolute Gasteiger partial charge is 0.317 e. The number of carbonyl (C=O) groups is 2. The highest BCUT2D eigenvalue weighted by Crippen LogP contribution is 2.40. The Kier molecular flexibility index (Phi) is 3.95. The fraction of sp³-hybridized carbons (Fsp3) is 0.857. The molecule has 2 N–H and O–H groups in total. The van der Waals surface area contributed by atoms with E-state index in [2.05, 4.69) is 5.32 Å². The van der Waals surface area contributed by atoms with Crippen LogP contribution in [-0.4, -0.2) is 53.3 Å². The lowest BCUT2D eigenvalue weighted by atomic mass is 9.69. The average molecular weight is 284 g/mol. The first-order valence-corrected chi connectivity index (χ1v) is 7.18. The minimum Gasteiger partial charge on any atom is -0.481 e. The molecule has 20 heavy (non-hydrogen) atoms. The Morgan fingerprint density at radius 1 is 1.40 bits per heavy atom. The van der Waals surface area contributed by atoms with Crippen molar-refractivity contribution in [3.8, 4) is 0 Å². The van der Waals surface area contributed by atoms with E-state index < -0.39 is 11.4 Å². The van der Waals surface area contributed by atoms with E-state index in [1.807, 2.05) is 20.8 Å². The Morgan fingerprint density at radius 3 is 2.50 bits per heavy atom.